The zero-order valence-electron chi connectivity index (χ0n) is 11.0. The van der Waals surface area contributed by atoms with E-state index in [1.165, 1.54) is 0 Å². The van der Waals surface area contributed by atoms with Gasteiger partial charge in [0, 0.05) is 20.2 Å². The van der Waals surface area contributed by atoms with Crippen molar-refractivity contribution in [3.8, 4) is 0 Å². The topological polar surface area (TPSA) is 38.8 Å². The van der Waals surface area contributed by atoms with Gasteiger partial charge < -0.3 is 14.4 Å². The van der Waals surface area contributed by atoms with Crippen LogP contribution in [0.1, 0.15) is 33.6 Å². The molecule has 0 unspecified atom stereocenters. The second-order valence-electron chi connectivity index (χ2n) is 3.82. The van der Waals surface area contributed by atoms with Crippen molar-refractivity contribution in [3.63, 3.8) is 0 Å². The van der Waals surface area contributed by atoms with Crippen LogP contribution in [0.4, 0.5) is 0 Å². The smallest absolute Gasteiger partial charge is 0.248 e. The van der Waals surface area contributed by atoms with Crippen molar-refractivity contribution in [3.05, 3.63) is 0 Å². The highest BCUT2D eigenvalue weighted by Crippen LogP contribution is 2.15. The number of likely N-dealkylation sites (tertiary alicyclic amines) is 1. The predicted octanol–water partition coefficient (Wildman–Crippen LogP) is 1.89. The Kier molecular flexibility index (Phi) is 9.24. The summed E-state index contributed by atoms with van der Waals surface area (Å²) in [7, 11) is 1.55. The van der Waals surface area contributed by atoms with Crippen molar-refractivity contribution in [2.75, 3.05) is 33.6 Å². The number of nitrogens with zero attached hydrogens (tertiary/aromatic N) is 1. The lowest BCUT2D eigenvalue weighted by Crippen LogP contribution is -2.40. The summed E-state index contributed by atoms with van der Waals surface area (Å²) in [5.41, 5.74) is 0. The van der Waals surface area contributed by atoms with E-state index in [1.54, 1.807) is 7.11 Å². The highest BCUT2D eigenvalue weighted by Gasteiger charge is 2.19. The van der Waals surface area contributed by atoms with Crippen LogP contribution >= 0.6 is 0 Å². The quantitative estimate of drug-likeness (QED) is 0.548. The van der Waals surface area contributed by atoms with Gasteiger partial charge in [0.05, 0.1) is 0 Å². The monoisotopic (exact) mass is 231 g/mol. The Bertz CT molecular complexity index is 177. The second kappa shape index (κ2) is 9.60. The Morgan fingerprint density at radius 1 is 1.31 bits per heavy atom. The molecular formula is C12H25NO3. The summed E-state index contributed by atoms with van der Waals surface area (Å²) in [4.78, 5) is 13.4. The van der Waals surface area contributed by atoms with Crippen molar-refractivity contribution >= 4 is 5.91 Å². The van der Waals surface area contributed by atoms with E-state index in [1.807, 2.05) is 18.7 Å². The van der Waals surface area contributed by atoms with E-state index in [9.17, 15) is 4.79 Å². The molecule has 0 aromatic rings. The molecule has 1 heterocycles. The van der Waals surface area contributed by atoms with Gasteiger partial charge >= 0.3 is 0 Å². The maximum absolute atomic E-state index is 11.5. The number of rotatable bonds is 4. The first kappa shape index (κ1) is 15.4. The summed E-state index contributed by atoms with van der Waals surface area (Å²) >= 11 is 0. The molecule has 96 valence electrons. The van der Waals surface area contributed by atoms with Crippen molar-refractivity contribution in [1.82, 2.24) is 4.90 Å². The van der Waals surface area contributed by atoms with Gasteiger partial charge in [0.2, 0.25) is 5.91 Å². The largest absolute Gasteiger partial charge is 0.359 e. The zero-order valence-corrected chi connectivity index (χ0v) is 11.0. The van der Waals surface area contributed by atoms with Gasteiger partial charge in [-0.25, -0.2) is 0 Å². The van der Waals surface area contributed by atoms with Gasteiger partial charge in [-0.15, -0.1) is 0 Å². The summed E-state index contributed by atoms with van der Waals surface area (Å²) in [5, 5.41) is 0. The van der Waals surface area contributed by atoms with E-state index in [0.717, 1.165) is 31.8 Å². The highest BCUT2D eigenvalue weighted by molar-refractivity contribution is 5.77. The fourth-order valence-corrected chi connectivity index (χ4v) is 1.56. The number of hydrogen-bond acceptors (Lipinski definition) is 3. The molecule has 16 heavy (non-hydrogen) atoms. The fraction of sp³-hybridized carbons (Fsp3) is 0.917. The van der Waals surface area contributed by atoms with Gasteiger partial charge in [0.25, 0.3) is 0 Å². The van der Waals surface area contributed by atoms with Gasteiger partial charge in [0.15, 0.2) is 0 Å². The van der Waals surface area contributed by atoms with Gasteiger partial charge in [-0.3, -0.25) is 4.79 Å². The van der Waals surface area contributed by atoms with E-state index in [2.05, 4.69) is 6.92 Å². The maximum Gasteiger partial charge on any atom is 0.248 e. The Balaban J connectivity index is 0.00000106. The van der Waals surface area contributed by atoms with Crippen LogP contribution in [0.2, 0.25) is 0 Å². The third-order valence-electron chi connectivity index (χ3n) is 2.56. The molecular weight excluding hydrogens is 206 g/mol. The van der Waals surface area contributed by atoms with E-state index in [0.29, 0.717) is 0 Å². The number of amides is 1. The first-order valence-corrected chi connectivity index (χ1v) is 6.08. The molecule has 0 aliphatic carbocycles. The van der Waals surface area contributed by atoms with Crippen molar-refractivity contribution in [1.29, 1.82) is 0 Å². The Morgan fingerprint density at radius 3 is 2.38 bits per heavy atom. The average molecular weight is 231 g/mol. The Hall–Kier alpha value is -0.610. The van der Waals surface area contributed by atoms with Gasteiger partial charge in [-0.2, -0.15) is 0 Å². The van der Waals surface area contributed by atoms with Crippen LogP contribution in [0.15, 0.2) is 0 Å². The SMILES string of the molecule is CC.COCOCC(=O)N1CCC(C)CC1. The molecule has 0 atom stereocenters. The number of ether oxygens (including phenoxy) is 2. The maximum atomic E-state index is 11.5. The molecule has 0 bridgehead atoms. The van der Waals surface area contributed by atoms with E-state index < -0.39 is 0 Å². The number of piperidine rings is 1. The van der Waals surface area contributed by atoms with Crippen molar-refractivity contribution < 1.29 is 14.3 Å². The van der Waals surface area contributed by atoms with Crippen molar-refractivity contribution in [2.45, 2.75) is 33.6 Å². The van der Waals surface area contributed by atoms with Crippen molar-refractivity contribution in [2.24, 2.45) is 5.92 Å². The lowest BCUT2D eigenvalue weighted by Gasteiger charge is -2.30. The van der Waals surface area contributed by atoms with E-state index >= 15 is 0 Å². The van der Waals surface area contributed by atoms with Gasteiger partial charge in [0.1, 0.15) is 13.4 Å². The molecule has 1 amide bonds. The molecule has 1 saturated heterocycles. The molecule has 0 N–H and O–H groups in total. The summed E-state index contributed by atoms with van der Waals surface area (Å²) in [5.74, 6) is 0.827. The number of carbonyl (C=O) groups is 1. The molecule has 1 aliphatic rings. The van der Waals surface area contributed by atoms with Crippen LogP contribution in [0.5, 0.6) is 0 Å². The molecule has 0 aromatic heterocycles. The minimum atomic E-state index is 0.0777. The third kappa shape index (κ3) is 6.08. The fourth-order valence-electron chi connectivity index (χ4n) is 1.56. The molecule has 0 spiro atoms. The standard InChI is InChI=1S/C10H19NO3.C2H6/c1-9-3-5-11(6-4-9)10(12)7-14-8-13-2;1-2/h9H,3-8H2,1-2H3;1-2H3. The summed E-state index contributed by atoms with van der Waals surface area (Å²) in [6.45, 7) is 8.30. The summed E-state index contributed by atoms with van der Waals surface area (Å²) in [6, 6.07) is 0. The van der Waals surface area contributed by atoms with Gasteiger partial charge in [-0.05, 0) is 18.8 Å². The molecule has 1 fully saturated rings. The first-order valence-electron chi connectivity index (χ1n) is 6.08. The second-order valence-corrected chi connectivity index (χ2v) is 3.82. The van der Waals surface area contributed by atoms with Crippen LogP contribution in [0.3, 0.4) is 0 Å². The molecule has 4 heteroatoms. The normalized spacial score (nSPS) is 16.6. The molecule has 0 saturated carbocycles. The molecule has 4 nitrogen and oxygen atoms in total. The van der Waals surface area contributed by atoms with E-state index in [-0.39, 0.29) is 19.3 Å². The average Bonchev–Trinajstić information content (AvgIpc) is 2.33. The van der Waals surface area contributed by atoms with Crippen LogP contribution in [-0.4, -0.2) is 44.4 Å². The van der Waals surface area contributed by atoms with Crippen LogP contribution < -0.4 is 0 Å². The molecule has 1 aliphatic heterocycles. The summed E-state index contributed by atoms with van der Waals surface area (Å²) in [6.07, 6.45) is 2.21. The third-order valence-corrected chi connectivity index (χ3v) is 2.56. The lowest BCUT2D eigenvalue weighted by atomic mass is 9.99. The van der Waals surface area contributed by atoms with Crippen LogP contribution in [-0.2, 0) is 14.3 Å². The summed E-state index contributed by atoms with van der Waals surface area (Å²) < 4.78 is 9.71. The number of carbonyl (C=O) groups excluding carboxylic acids is 1. The number of methoxy groups -OCH3 is 1. The van der Waals surface area contributed by atoms with Gasteiger partial charge in [-0.1, -0.05) is 20.8 Å². The van der Waals surface area contributed by atoms with Crippen LogP contribution in [0, 0.1) is 5.92 Å². The minimum absolute atomic E-state index is 0.0777. The Labute approximate surface area is 98.9 Å². The zero-order chi connectivity index (χ0) is 12.4. The molecule has 0 aromatic carbocycles. The van der Waals surface area contributed by atoms with E-state index in [4.69, 9.17) is 9.47 Å². The molecule has 0 radical (unpaired) electrons. The molecule has 1 rings (SSSR count). The lowest BCUT2D eigenvalue weighted by molar-refractivity contribution is -0.141. The first-order chi connectivity index (χ1) is 7.74. The highest BCUT2D eigenvalue weighted by atomic mass is 16.7. The minimum Gasteiger partial charge on any atom is -0.359 e. The predicted molar refractivity (Wildman–Crippen MR) is 64.2 cm³/mol. The number of hydrogen-bond donors (Lipinski definition) is 0. The Morgan fingerprint density at radius 2 is 1.88 bits per heavy atom. The van der Waals surface area contributed by atoms with Crippen LogP contribution in [0.25, 0.3) is 0 Å².